The Labute approximate surface area is 283 Å². The van der Waals surface area contributed by atoms with Crippen molar-refractivity contribution >= 4 is 21.6 Å². The minimum Gasteiger partial charge on any atom is -0.0856 e. The molecule has 0 aliphatic carbocycles. The van der Waals surface area contributed by atoms with E-state index in [0.29, 0.717) is 0 Å². The highest BCUT2D eigenvalue weighted by Gasteiger charge is 2.20. The van der Waals surface area contributed by atoms with Crippen molar-refractivity contribution in [2.75, 3.05) is 0 Å². The molecule has 0 saturated carbocycles. The van der Waals surface area contributed by atoms with E-state index in [9.17, 15) is 0 Å². The molecule has 6 rings (SSSR count). The third-order valence-corrected chi connectivity index (χ3v) is 12.1. The Morgan fingerprint density at radius 2 is 0.587 bits per heavy atom. The van der Waals surface area contributed by atoms with Crippen LogP contribution in [0.5, 0.6) is 0 Å². The molecule has 46 heavy (non-hydrogen) atoms. The molecule has 0 amide bonds. The first kappa shape index (κ1) is 32.0. The van der Waals surface area contributed by atoms with Gasteiger partial charge in [-0.25, -0.2) is 0 Å². The van der Waals surface area contributed by atoms with Crippen LogP contribution in [0.15, 0.2) is 133 Å². The highest BCUT2D eigenvalue weighted by Crippen LogP contribution is 2.50. The molecule has 230 valence electrons. The average Bonchev–Trinajstić information content (AvgIpc) is 3.08. The van der Waals surface area contributed by atoms with Gasteiger partial charge in [0.1, 0.15) is 0 Å². The SMILES string of the molecule is Cc1ccc(-c2ccc(-c3ccc(C)cc3)c([C@@H](C)SS[C@H](C)c3cc(-c4ccc(C)cc4)ccc3-c3ccc(C)cc3)c2)cc1. The van der Waals surface area contributed by atoms with Gasteiger partial charge in [0.05, 0.1) is 0 Å². The normalized spacial score (nSPS) is 12.6. The van der Waals surface area contributed by atoms with Crippen molar-refractivity contribution in [3.63, 3.8) is 0 Å². The molecule has 0 radical (unpaired) electrons. The summed E-state index contributed by atoms with van der Waals surface area (Å²) in [5.41, 5.74) is 18.1. The van der Waals surface area contributed by atoms with Crippen LogP contribution in [0.25, 0.3) is 44.5 Å². The summed E-state index contributed by atoms with van der Waals surface area (Å²) in [5, 5.41) is 0.578. The molecule has 6 aromatic carbocycles. The lowest BCUT2D eigenvalue weighted by molar-refractivity contribution is 1.10. The van der Waals surface area contributed by atoms with Crippen LogP contribution in [0.3, 0.4) is 0 Å². The number of benzene rings is 6. The number of hydrogen-bond acceptors (Lipinski definition) is 2. The lowest BCUT2D eigenvalue weighted by Gasteiger charge is -2.22. The van der Waals surface area contributed by atoms with Gasteiger partial charge in [0.2, 0.25) is 0 Å². The van der Waals surface area contributed by atoms with Gasteiger partial charge in [0.15, 0.2) is 0 Å². The van der Waals surface area contributed by atoms with Crippen molar-refractivity contribution in [2.24, 2.45) is 0 Å². The summed E-state index contributed by atoms with van der Waals surface area (Å²) in [6, 6.07) is 49.7. The zero-order chi connectivity index (χ0) is 32.2. The van der Waals surface area contributed by atoms with Crippen molar-refractivity contribution in [1.29, 1.82) is 0 Å². The average molecular weight is 635 g/mol. The Morgan fingerprint density at radius 3 is 0.891 bits per heavy atom. The Hall–Kier alpha value is -3.98. The van der Waals surface area contributed by atoms with Gasteiger partial charge in [-0.15, -0.1) is 0 Å². The molecule has 6 aromatic rings. The molecule has 2 atom stereocenters. The van der Waals surface area contributed by atoms with E-state index in [2.05, 4.69) is 175 Å². The van der Waals surface area contributed by atoms with Crippen molar-refractivity contribution in [3.05, 3.63) is 167 Å². The van der Waals surface area contributed by atoms with Crippen LogP contribution >= 0.6 is 21.6 Å². The van der Waals surface area contributed by atoms with Gasteiger partial charge >= 0.3 is 0 Å². The standard InChI is InChI=1S/C44H42S2/c1-29-7-15-35(16-8-29)39-23-25-41(37-19-11-31(3)12-20-37)43(27-39)33(5)45-46-34(6)44-28-40(36-17-9-30(2)10-18-36)24-26-42(44)38-21-13-32(4)14-22-38/h7-28,33-34H,1-6H3/t33-,34-/m1/s1. The zero-order valence-electron chi connectivity index (χ0n) is 27.7. The van der Waals surface area contributed by atoms with Crippen molar-refractivity contribution < 1.29 is 0 Å². The zero-order valence-corrected chi connectivity index (χ0v) is 29.3. The second kappa shape index (κ2) is 14.2. The molecule has 0 bridgehead atoms. The van der Waals surface area contributed by atoms with E-state index in [1.165, 1.54) is 77.9 Å². The van der Waals surface area contributed by atoms with E-state index >= 15 is 0 Å². The molecule has 0 fully saturated rings. The topological polar surface area (TPSA) is 0 Å². The van der Waals surface area contributed by atoms with Crippen LogP contribution in [-0.4, -0.2) is 0 Å². The summed E-state index contributed by atoms with van der Waals surface area (Å²) in [6.07, 6.45) is 0. The fourth-order valence-electron chi connectivity index (χ4n) is 5.91. The maximum atomic E-state index is 2.42. The van der Waals surface area contributed by atoms with Gasteiger partial charge in [-0.2, -0.15) is 0 Å². The fourth-order valence-corrected chi connectivity index (χ4v) is 8.46. The van der Waals surface area contributed by atoms with Gasteiger partial charge < -0.3 is 0 Å². The predicted octanol–water partition coefficient (Wildman–Crippen LogP) is 13.8. The largest absolute Gasteiger partial charge is 0.0856 e. The quantitative estimate of drug-likeness (QED) is 0.145. The minimum atomic E-state index is 0.289. The second-order valence-electron chi connectivity index (χ2n) is 12.5. The van der Waals surface area contributed by atoms with E-state index in [1.807, 2.05) is 21.6 Å². The van der Waals surface area contributed by atoms with E-state index in [-0.39, 0.29) is 10.5 Å². The monoisotopic (exact) mass is 634 g/mol. The molecule has 0 heterocycles. The molecule has 0 spiro atoms. The molecule has 0 aromatic heterocycles. The van der Waals surface area contributed by atoms with Crippen LogP contribution < -0.4 is 0 Å². The molecule has 2 heteroatoms. The Bertz CT molecular complexity index is 1770. The summed E-state index contributed by atoms with van der Waals surface area (Å²) < 4.78 is 0. The van der Waals surface area contributed by atoms with E-state index in [4.69, 9.17) is 0 Å². The number of hydrogen-bond donors (Lipinski definition) is 0. The number of aryl methyl sites for hydroxylation is 4. The summed E-state index contributed by atoms with van der Waals surface area (Å²) >= 11 is 0. The van der Waals surface area contributed by atoms with E-state index in [1.54, 1.807) is 0 Å². The molecular formula is C44H42S2. The second-order valence-corrected chi connectivity index (χ2v) is 15.5. The molecule has 0 nitrogen and oxygen atoms in total. The van der Waals surface area contributed by atoms with Crippen LogP contribution in [-0.2, 0) is 0 Å². The Kier molecular flexibility index (Phi) is 9.87. The molecule has 0 unspecified atom stereocenters. The molecule has 0 aliphatic heterocycles. The maximum Gasteiger partial charge on any atom is 0.0379 e. The summed E-state index contributed by atoms with van der Waals surface area (Å²) in [5.74, 6) is 0. The molecule has 0 aliphatic rings. The first-order valence-corrected chi connectivity index (χ1v) is 18.4. The third-order valence-electron chi connectivity index (χ3n) is 8.82. The van der Waals surface area contributed by atoms with E-state index in [0.717, 1.165) is 0 Å². The molecular weight excluding hydrogens is 593 g/mol. The smallest absolute Gasteiger partial charge is 0.0379 e. The Balaban J connectivity index is 1.33. The maximum absolute atomic E-state index is 2.42. The van der Waals surface area contributed by atoms with E-state index < -0.39 is 0 Å². The molecule has 0 saturated heterocycles. The lowest BCUT2D eigenvalue weighted by atomic mass is 9.93. The predicted molar refractivity (Wildman–Crippen MR) is 206 cm³/mol. The Morgan fingerprint density at radius 1 is 0.326 bits per heavy atom. The van der Waals surface area contributed by atoms with Crippen molar-refractivity contribution in [3.8, 4) is 44.5 Å². The summed E-state index contributed by atoms with van der Waals surface area (Å²) in [4.78, 5) is 0. The summed E-state index contributed by atoms with van der Waals surface area (Å²) in [7, 11) is 3.95. The van der Waals surface area contributed by atoms with Crippen LogP contribution in [0.2, 0.25) is 0 Å². The van der Waals surface area contributed by atoms with Crippen molar-refractivity contribution in [1.82, 2.24) is 0 Å². The van der Waals surface area contributed by atoms with Gasteiger partial charge in [-0.1, -0.05) is 165 Å². The molecule has 0 N–H and O–H groups in total. The van der Waals surface area contributed by atoms with Gasteiger partial charge in [-0.05, 0) is 109 Å². The van der Waals surface area contributed by atoms with Gasteiger partial charge in [0.25, 0.3) is 0 Å². The van der Waals surface area contributed by atoms with Crippen LogP contribution in [0.4, 0.5) is 0 Å². The summed E-state index contributed by atoms with van der Waals surface area (Å²) in [6.45, 7) is 13.3. The van der Waals surface area contributed by atoms with Crippen LogP contribution in [0, 0.1) is 27.7 Å². The first-order valence-electron chi connectivity index (χ1n) is 16.1. The van der Waals surface area contributed by atoms with Gasteiger partial charge in [0, 0.05) is 10.5 Å². The highest BCUT2D eigenvalue weighted by atomic mass is 33.1. The first-order chi connectivity index (χ1) is 22.2. The van der Waals surface area contributed by atoms with Crippen molar-refractivity contribution in [2.45, 2.75) is 52.0 Å². The lowest BCUT2D eigenvalue weighted by Crippen LogP contribution is -1.96. The number of rotatable bonds is 9. The fraction of sp³-hybridized carbons (Fsp3) is 0.182. The van der Waals surface area contributed by atoms with Crippen LogP contribution in [0.1, 0.15) is 57.7 Å². The minimum absolute atomic E-state index is 0.289. The van der Waals surface area contributed by atoms with Gasteiger partial charge in [-0.3, -0.25) is 0 Å². The third kappa shape index (κ3) is 7.35. The highest BCUT2D eigenvalue weighted by molar-refractivity contribution is 8.76.